The molecule has 0 nitrogen and oxygen atoms in total. The van der Waals surface area contributed by atoms with E-state index in [1.165, 1.54) is 116 Å². The van der Waals surface area contributed by atoms with Crippen molar-refractivity contribution >= 4 is 0 Å². The van der Waals surface area contributed by atoms with E-state index in [2.05, 4.69) is 90.0 Å². The third-order valence-corrected chi connectivity index (χ3v) is 10.6. The van der Waals surface area contributed by atoms with Gasteiger partial charge < -0.3 is 0 Å². The summed E-state index contributed by atoms with van der Waals surface area (Å²) in [6.07, 6.45) is 25.5. The standard InChI is InChI=1S/C27H56.C7H14.C5H12.2C2H6.2CH4/c1-11-17-21(6)22(7)26(15-5)24(20-23(12-2)13-3)18-16-19-25(14-4)27(8,9)10;1-7-5-3-2-4-6-7;1-3-5-4-2;2*1-2;;/h21-26H,11-20H2,1-10H3;7H,2-6H2,1H3;3-5H2,1-2H3;2*1-2H3;2*1H4. The minimum absolute atomic E-state index is 0. The molecule has 1 aliphatic carbocycles. The molecule has 1 rings (SSSR count). The van der Waals surface area contributed by atoms with E-state index >= 15 is 0 Å². The minimum atomic E-state index is 0. The average Bonchev–Trinajstić information content (AvgIpc) is 3.00. The second-order valence-corrected chi connectivity index (χ2v) is 14.9. The van der Waals surface area contributed by atoms with Crippen molar-refractivity contribution in [2.24, 2.45) is 46.8 Å². The van der Waals surface area contributed by atoms with E-state index in [9.17, 15) is 0 Å². The first-order chi connectivity index (χ1) is 20.5. The van der Waals surface area contributed by atoms with Crippen molar-refractivity contribution < 1.29 is 0 Å². The molecule has 0 radical (unpaired) electrons. The van der Waals surface area contributed by atoms with Crippen LogP contribution in [0.25, 0.3) is 0 Å². The third kappa shape index (κ3) is 32.3. The molecule has 0 amide bonds. The van der Waals surface area contributed by atoms with Crippen molar-refractivity contribution in [1.82, 2.24) is 0 Å². The van der Waals surface area contributed by atoms with Gasteiger partial charge in [-0.3, -0.25) is 0 Å². The molecule has 1 aliphatic rings. The second-order valence-electron chi connectivity index (χ2n) is 14.9. The zero-order valence-electron chi connectivity index (χ0n) is 34.3. The Morgan fingerprint density at radius 3 is 1.38 bits per heavy atom. The van der Waals surface area contributed by atoms with Crippen LogP contribution in [0.3, 0.4) is 0 Å². The van der Waals surface area contributed by atoms with Gasteiger partial charge in [0.25, 0.3) is 0 Å². The van der Waals surface area contributed by atoms with Crippen LogP contribution in [0.4, 0.5) is 0 Å². The van der Waals surface area contributed by atoms with Crippen LogP contribution in [0.2, 0.25) is 0 Å². The maximum absolute atomic E-state index is 2.57. The second kappa shape index (κ2) is 40.2. The Morgan fingerprint density at radius 2 is 1.09 bits per heavy atom. The van der Waals surface area contributed by atoms with Crippen molar-refractivity contribution in [2.75, 3.05) is 0 Å². The fourth-order valence-corrected chi connectivity index (χ4v) is 7.37. The van der Waals surface area contributed by atoms with Crippen LogP contribution in [0.5, 0.6) is 0 Å². The molecule has 0 heterocycles. The van der Waals surface area contributed by atoms with Gasteiger partial charge in [-0.1, -0.05) is 235 Å². The molecule has 0 aliphatic heterocycles. The van der Waals surface area contributed by atoms with Crippen LogP contribution < -0.4 is 0 Å². The Hall–Kier alpha value is 0. The van der Waals surface area contributed by atoms with Gasteiger partial charge in [0.1, 0.15) is 0 Å². The van der Waals surface area contributed by atoms with Crippen LogP contribution in [-0.4, -0.2) is 0 Å². The first kappa shape index (κ1) is 57.3. The lowest BCUT2D eigenvalue weighted by molar-refractivity contribution is 0.130. The van der Waals surface area contributed by atoms with E-state index in [0.29, 0.717) is 5.41 Å². The summed E-state index contributed by atoms with van der Waals surface area (Å²) in [7, 11) is 0. The van der Waals surface area contributed by atoms with Gasteiger partial charge in [0.2, 0.25) is 0 Å². The molecule has 0 heteroatoms. The largest absolute Gasteiger partial charge is 0.0776 e. The monoisotopic (exact) mass is 643 g/mol. The molecule has 0 aromatic rings. The molecule has 1 saturated carbocycles. The Morgan fingerprint density at radius 1 is 0.600 bits per heavy atom. The topological polar surface area (TPSA) is 0 Å². The molecule has 45 heavy (non-hydrogen) atoms. The predicted octanol–water partition coefficient (Wildman–Crippen LogP) is 17.9. The van der Waals surface area contributed by atoms with Crippen LogP contribution in [0.1, 0.15) is 248 Å². The maximum Gasteiger partial charge on any atom is -0.0354 e. The lowest BCUT2D eigenvalue weighted by atomic mass is 9.68. The maximum atomic E-state index is 2.57. The quantitative estimate of drug-likeness (QED) is 0.148. The lowest BCUT2D eigenvalue weighted by Crippen LogP contribution is -2.28. The summed E-state index contributed by atoms with van der Waals surface area (Å²) in [6, 6.07) is 0. The molecule has 282 valence electrons. The van der Waals surface area contributed by atoms with Crippen molar-refractivity contribution in [2.45, 2.75) is 248 Å². The third-order valence-electron chi connectivity index (χ3n) is 10.6. The molecule has 0 N–H and O–H groups in total. The first-order valence-corrected chi connectivity index (χ1v) is 20.5. The molecular weight excluding hydrogens is 540 g/mol. The Labute approximate surface area is 294 Å². The predicted molar refractivity (Wildman–Crippen MR) is 220 cm³/mol. The summed E-state index contributed by atoms with van der Waals surface area (Å²) in [5.41, 5.74) is 0.465. The molecule has 0 bridgehead atoms. The number of rotatable bonds is 17. The summed E-state index contributed by atoms with van der Waals surface area (Å²) in [5, 5.41) is 0. The van der Waals surface area contributed by atoms with Crippen LogP contribution in [-0.2, 0) is 0 Å². The van der Waals surface area contributed by atoms with E-state index < -0.39 is 0 Å². The highest BCUT2D eigenvalue weighted by molar-refractivity contribution is 4.80. The van der Waals surface area contributed by atoms with Gasteiger partial charge in [-0.05, 0) is 59.7 Å². The summed E-state index contributed by atoms with van der Waals surface area (Å²) in [4.78, 5) is 0. The number of hydrogen-bond donors (Lipinski definition) is 0. The van der Waals surface area contributed by atoms with Crippen LogP contribution in [0, 0.1) is 46.8 Å². The Balaban J connectivity index is -0.000000173. The average molecular weight is 643 g/mol. The van der Waals surface area contributed by atoms with E-state index in [0.717, 1.165) is 41.4 Å². The summed E-state index contributed by atoms with van der Waals surface area (Å²) in [5.74, 6) is 6.45. The van der Waals surface area contributed by atoms with Crippen LogP contribution in [0.15, 0.2) is 0 Å². The zero-order chi connectivity index (χ0) is 34.3. The highest BCUT2D eigenvalue weighted by Gasteiger charge is 2.30. The highest BCUT2D eigenvalue weighted by atomic mass is 14.4. The normalized spacial score (nSPS) is 16.1. The van der Waals surface area contributed by atoms with E-state index in [1.807, 2.05) is 27.7 Å². The molecule has 0 aromatic carbocycles. The number of unbranched alkanes of at least 4 members (excludes halogenated alkanes) is 2. The fourth-order valence-electron chi connectivity index (χ4n) is 7.37. The molecule has 0 aromatic heterocycles. The van der Waals surface area contributed by atoms with Crippen molar-refractivity contribution in [3.63, 3.8) is 0 Å². The first-order valence-electron chi connectivity index (χ1n) is 20.5. The van der Waals surface area contributed by atoms with Gasteiger partial charge in [-0.15, -0.1) is 0 Å². The fraction of sp³-hybridized carbons (Fsp3) is 1.00. The van der Waals surface area contributed by atoms with Gasteiger partial charge in [0, 0.05) is 0 Å². The van der Waals surface area contributed by atoms with Crippen molar-refractivity contribution in [1.29, 1.82) is 0 Å². The van der Waals surface area contributed by atoms with E-state index in [1.54, 1.807) is 0 Å². The summed E-state index contributed by atoms with van der Waals surface area (Å²) >= 11 is 0. The SMILES string of the molecule is C.C.CC.CC.CC1CCCCC1.CCCC(C)C(C)C(CC)C(CCCC(CC)C(C)(C)C)CC(CC)CC.CCCCC. The highest BCUT2D eigenvalue weighted by Crippen LogP contribution is 2.40. The van der Waals surface area contributed by atoms with Gasteiger partial charge >= 0.3 is 0 Å². The molecule has 0 saturated heterocycles. The molecular formula is C45H102. The minimum Gasteiger partial charge on any atom is -0.0776 e. The molecule has 5 atom stereocenters. The molecule has 5 unspecified atom stereocenters. The van der Waals surface area contributed by atoms with Crippen molar-refractivity contribution in [3.8, 4) is 0 Å². The summed E-state index contributed by atoms with van der Waals surface area (Å²) < 4.78 is 0. The van der Waals surface area contributed by atoms with Crippen molar-refractivity contribution in [3.05, 3.63) is 0 Å². The van der Waals surface area contributed by atoms with Crippen LogP contribution >= 0.6 is 0 Å². The van der Waals surface area contributed by atoms with E-state index in [-0.39, 0.29) is 14.9 Å². The van der Waals surface area contributed by atoms with E-state index in [4.69, 9.17) is 0 Å². The Kier molecular flexibility index (Phi) is 51.1. The molecule has 0 spiro atoms. The summed E-state index contributed by atoms with van der Waals surface area (Å²) in [6.45, 7) is 39.2. The van der Waals surface area contributed by atoms with Gasteiger partial charge in [0.05, 0.1) is 0 Å². The van der Waals surface area contributed by atoms with Gasteiger partial charge in [-0.25, -0.2) is 0 Å². The molecule has 1 fully saturated rings. The zero-order valence-corrected chi connectivity index (χ0v) is 34.3. The number of hydrogen-bond acceptors (Lipinski definition) is 0. The smallest absolute Gasteiger partial charge is 0.0354 e. The Bertz CT molecular complexity index is 473. The van der Waals surface area contributed by atoms with Gasteiger partial charge in [0.15, 0.2) is 0 Å². The van der Waals surface area contributed by atoms with Gasteiger partial charge in [-0.2, -0.15) is 0 Å². The lowest BCUT2D eigenvalue weighted by Gasteiger charge is -2.37.